The van der Waals surface area contributed by atoms with E-state index in [1.807, 2.05) is 17.4 Å². The Morgan fingerprint density at radius 2 is 2.31 bits per heavy atom. The third-order valence-electron chi connectivity index (χ3n) is 2.60. The molecule has 0 saturated heterocycles. The van der Waals surface area contributed by atoms with Crippen molar-refractivity contribution in [3.8, 4) is 0 Å². The number of thiophene rings is 1. The van der Waals surface area contributed by atoms with Gasteiger partial charge < -0.3 is 4.42 Å². The highest BCUT2D eigenvalue weighted by Gasteiger charge is 2.13. The summed E-state index contributed by atoms with van der Waals surface area (Å²) in [5.41, 5.74) is 4.02. The van der Waals surface area contributed by atoms with E-state index in [0.717, 1.165) is 18.4 Å². The third-order valence-corrected chi connectivity index (χ3v) is 3.94. The fourth-order valence-electron chi connectivity index (χ4n) is 1.66. The Kier molecular flexibility index (Phi) is 3.77. The van der Waals surface area contributed by atoms with Crippen LogP contribution in [0.2, 0.25) is 0 Å². The van der Waals surface area contributed by atoms with Crippen molar-refractivity contribution < 1.29 is 4.42 Å². The molecule has 0 bridgehead atoms. The average molecular weight is 236 g/mol. The van der Waals surface area contributed by atoms with Gasteiger partial charge in [0, 0.05) is 9.75 Å². The van der Waals surface area contributed by atoms with Crippen molar-refractivity contribution in [1.82, 2.24) is 5.43 Å². The standard InChI is InChI=1S/C12H16N2OS/c1-2-10-3-4-12(16-10)11(14-13)7-9-5-6-15-8-9/h3-6,8,11,14H,2,7,13H2,1H3. The van der Waals surface area contributed by atoms with Crippen LogP contribution in [0, 0.1) is 0 Å². The highest BCUT2D eigenvalue weighted by atomic mass is 32.1. The first-order valence-electron chi connectivity index (χ1n) is 5.39. The number of nitrogens with two attached hydrogens (primary N) is 1. The molecule has 0 fully saturated rings. The molecule has 3 N–H and O–H groups in total. The molecule has 0 aromatic carbocycles. The highest BCUT2D eigenvalue weighted by Crippen LogP contribution is 2.26. The molecule has 2 aromatic heterocycles. The van der Waals surface area contributed by atoms with Crippen LogP contribution in [-0.2, 0) is 12.8 Å². The van der Waals surface area contributed by atoms with E-state index >= 15 is 0 Å². The van der Waals surface area contributed by atoms with Gasteiger partial charge in [0.25, 0.3) is 0 Å². The van der Waals surface area contributed by atoms with Crippen molar-refractivity contribution in [3.05, 3.63) is 46.0 Å². The molecular formula is C12H16N2OS. The maximum absolute atomic E-state index is 5.60. The van der Waals surface area contributed by atoms with Crippen LogP contribution in [0.3, 0.4) is 0 Å². The zero-order valence-electron chi connectivity index (χ0n) is 9.27. The summed E-state index contributed by atoms with van der Waals surface area (Å²) in [6.07, 6.45) is 5.39. The van der Waals surface area contributed by atoms with E-state index in [1.54, 1.807) is 12.5 Å². The molecule has 0 spiro atoms. The van der Waals surface area contributed by atoms with Crippen molar-refractivity contribution in [3.63, 3.8) is 0 Å². The summed E-state index contributed by atoms with van der Waals surface area (Å²) in [4.78, 5) is 2.67. The zero-order valence-corrected chi connectivity index (χ0v) is 10.1. The summed E-state index contributed by atoms with van der Waals surface area (Å²) in [5.74, 6) is 5.60. The van der Waals surface area contributed by atoms with E-state index < -0.39 is 0 Å². The van der Waals surface area contributed by atoms with Gasteiger partial charge in [-0.3, -0.25) is 11.3 Å². The molecule has 0 aliphatic carbocycles. The molecule has 0 radical (unpaired) electrons. The van der Waals surface area contributed by atoms with Crippen LogP contribution < -0.4 is 11.3 Å². The minimum absolute atomic E-state index is 0.169. The molecule has 3 nitrogen and oxygen atoms in total. The van der Waals surface area contributed by atoms with E-state index in [9.17, 15) is 0 Å². The van der Waals surface area contributed by atoms with Gasteiger partial charge in [0.15, 0.2) is 0 Å². The maximum atomic E-state index is 5.60. The largest absolute Gasteiger partial charge is 0.472 e. The van der Waals surface area contributed by atoms with Gasteiger partial charge >= 0.3 is 0 Å². The quantitative estimate of drug-likeness (QED) is 0.620. The number of hydrogen-bond acceptors (Lipinski definition) is 4. The fourth-order valence-corrected chi connectivity index (χ4v) is 2.67. The Morgan fingerprint density at radius 3 is 2.88 bits per heavy atom. The van der Waals surface area contributed by atoms with Gasteiger partial charge in [0.05, 0.1) is 18.6 Å². The first-order chi connectivity index (χ1) is 7.83. The predicted molar refractivity (Wildman–Crippen MR) is 66.2 cm³/mol. The van der Waals surface area contributed by atoms with Gasteiger partial charge in [-0.05, 0) is 36.6 Å². The lowest BCUT2D eigenvalue weighted by Crippen LogP contribution is -2.28. The number of hydrazine groups is 1. The predicted octanol–water partition coefficient (Wildman–Crippen LogP) is 2.65. The number of aryl methyl sites for hydroxylation is 1. The summed E-state index contributed by atoms with van der Waals surface area (Å²) in [5, 5.41) is 0. The Labute approximate surface area is 99.2 Å². The molecule has 0 saturated carbocycles. The first-order valence-corrected chi connectivity index (χ1v) is 6.21. The van der Waals surface area contributed by atoms with Gasteiger partial charge in [-0.25, -0.2) is 0 Å². The summed E-state index contributed by atoms with van der Waals surface area (Å²) in [6.45, 7) is 2.16. The molecule has 0 aliphatic heterocycles. The van der Waals surface area contributed by atoms with E-state index in [2.05, 4.69) is 24.5 Å². The Balaban J connectivity index is 2.10. The number of nitrogens with one attached hydrogen (secondary N) is 1. The third kappa shape index (κ3) is 2.52. The first kappa shape index (κ1) is 11.4. The topological polar surface area (TPSA) is 51.2 Å². The van der Waals surface area contributed by atoms with E-state index in [-0.39, 0.29) is 6.04 Å². The fraction of sp³-hybridized carbons (Fsp3) is 0.333. The van der Waals surface area contributed by atoms with E-state index in [1.165, 1.54) is 9.75 Å². The van der Waals surface area contributed by atoms with E-state index in [0.29, 0.717) is 0 Å². The molecule has 1 atom stereocenters. The minimum atomic E-state index is 0.169. The minimum Gasteiger partial charge on any atom is -0.472 e. The highest BCUT2D eigenvalue weighted by molar-refractivity contribution is 7.12. The summed E-state index contributed by atoms with van der Waals surface area (Å²) >= 11 is 1.81. The summed E-state index contributed by atoms with van der Waals surface area (Å²) in [7, 11) is 0. The molecular weight excluding hydrogens is 220 g/mol. The molecule has 86 valence electrons. The van der Waals surface area contributed by atoms with Gasteiger partial charge in [-0.15, -0.1) is 11.3 Å². The monoisotopic (exact) mass is 236 g/mol. The van der Waals surface area contributed by atoms with Crippen LogP contribution in [0.25, 0.3) is 0 Å². The molecule has 16 heavy (non-hydrogen) atoms. The van der Waals surface area contributed by atoms with Crippen molar-refractivity contribution in [2.45, 2.75) is 25.8 Å². The molecule has 4 heteroatoms. The van der Waals surface area contributed by atoms with Crippen molar-refractivity contribution >= 4 is 11.3 Å². The van der Waals surface area contributed by atoms with Crippen LogP contribution in [0.5, 0.6) is 0 Å². The second kappa shape index (κ2) is 5.30. The van der Waals surface area contributed by atoms with Crippen LogP contribution in [0.1, 0.15) is 28.3 Å². The van der Waals surface area contributed by atoms with Crippen LogP contribution in [0.15, 0.2) is 35.1 Å². The molecule has 0 amide bonds. The number of furan rings is 1. The normalized spacial score (nSPS) is 12.9. The molecule has 2 aromatic rings. The zero-order chi connectivity index (χ0) is 11.4. The Hall–Kier alpha value is -1.10. The second-order valence-electron chi connectivity index (χ2n) is 3.71. The van der Waals surface area contributed by atoms with Gasteiger partial charge in [0.1, 0.15) is 0 Å². The number of hydrogen-bond donors (Lipinski definition) is 2. The van der Waals surface area contributed by atoms with Crippen molar-refractivity contribution in [2.24, 2.45) is 5.84 Å². The van der Waals surface area contributed by atoms with Crippen molar-refractivity contribution in [2.75, 3.05) is 0 Å². The summed E-state index contributed by atoms with van der Waals surface area (Å²) in [6, 6.07) is 6.45. The van der Waals surface area contributed by atoms with E-state index in [4.69, 9.17) is 10.3 Å². The second-order valence-corrected chi connectivity index (χ2v) is 4.91. The van der Waals surface area contributed by atoms with Gasteiger partial charge in [0.2, 0.25) is 0 Å². The van der Waals surface area contributed by atoms with Crippen LogP contribution >= 0.6 is 11.3 Å². The average Bonchev–Trinajstić information content (AvgIpc) is 2.96. The smallest absolute Gasteiger partial charge is 0.0935 e. The van der Waals surface area contributed by atoms with Gasteiger partial charge in [-0.1, -0.05) is 6.92 Å². The number of rotatable bonds is 5. The Bertz CT molecular complexity index is 422. The molecule has 0 aliphatic rings. The lowest BCUT2D eigenvalue weighted by Gasteiger charge is -2.12. The maximum Gasteiger partial charge on any atom is 0.0935 e. The van der Waals surface area contributed by atoms with Crippen LogP contribution in [-0.4, -0.2) is 0 Å². The van der Waals surface area contributed by atoms with Crippen molar-refractivity contribution in [1.29, 1.82) is 0 Å². The van der Waals surface area contributed by atoms with Crippen LogP contribution in [0.4, 0.5) is 0 Å². The molecule has 2 rings (SSSR count). The Morgan fingerprint density at radius 1 is 1.44 bits per heavy atom. The molecule has 2 heterocycles. The summed E-state index contributed by atoms with van der Waals surface area (Å²) < 4.78 is 5.06. The van der Waals surface area contributed by atoms with Gasteiger partial charge in [-0.2, -0.15) is 0 Å². The lowest BCUT2D eigenvalue weighted by atomic mass is 10.1. The lowest BCUT2D eigenvalue weighted by molar-refractivity contribution is 0.541. The molecule has 1 unspecified atom stereocenters. The SMILES string of the molecule is CCc1ccc(C(Cc2ccoc2)NN)s1.